The monoisotopic (exact) mass is 339 g/mol. The van der Waals surface area contributed by atoms with Gasteiger partial charge in [-0.3, -0.25) is 0 Å². The molecule has 0 fully saturated rings. The van der Waals surface area contributed by atoms with Crippen molar-refractivity contribution in [2.24, 2.45) is 0 Å². The molecule has 2 aromatic carbocycles. The minimum absolute atomic E-state index is 0.311. The van der Waals surface area contributed by atoms with Crippen LogP contribution in [0.1, 0.15) is 17.2 Å². The number of ether oxygens (including phenoxy) is 1. The lowest BCUT2D eigenvalue weighted by molar-refractivity contribution is 0.178. The van der Waals surface area contributed by atoms with Crippen molar-refractivity contribution in [2.75, 3.05) is 12.8 Å². The molecule has 5 heteroatoms. The van der Waals surface area contributed by atoms with Crippen LogP contribution in [0.15, 0.2) is 40.9 Å². The number of aliphatic hydroxyl groups excluding tert-OH is 1. The Labute approximate surface area is 125 Å². The maximum atomic E-state index is 13.2. The normalized spacial score (nSPS) is 12.2. The number of hydrogen-bond acceptors (Lipinski definition) is 3. The molecule has 0 amide bonds. The molecule has 2 aromatic rings. The van der Waals surface area contributed by atoms with Gasteiger partial charge in [0.2, 0.25) is 0 Å². The van der Waals surface area contributed by atoms with Crippen LogP contribution in [0.4, 0.5) is 10.1 Å². The lowest BCUT2D eigenvalue weighted by Crippen LogP contribution is -2.06. The van der Waals surface area contributed by atoms with Crippen LogP contribution in [0.3, 0.4) is 0 Å². The fraction of sp³-hybridized carbons (Fsp3) is 0.200. The number of aliphatic hydroxyl groups is 1. The number of nitrogen functional groups attached to an aromatic ring is 1. The van der Waals surface area contributed by atoms with Crippen LogP contribution >= 0.6 is 15.9 Å². The minimum atomic E-state index is -0.880. The van der Waals surface area contributed by atoms with E-state index >= 15 is 0 Å². The molecule has 1 atom stereocenters. The first-order chi connectivity index (χ1) is 9.51. The standard InChI is InChI=1S/C15H15BrFNO2/c1-20-11-3-4-13(16)9(6-11)7-15(19)12-8-10(17)2-5-14(12)18/h2-6,8,15,19H,7,18H2,1H3. The number of benzene rings is 2. The highest BCUT2D eigenvalue weighted by Crippen LogP contribution is 2.29. The Hall–Kier alpha value is -1.59. The van der Waals surface area contributed by atoms with Gasteiger partial charge in [-0.1, -0.05) is 15.9 Å². The third kappa shape index (κ3) is 3.29. The Morgan fingerprint density at radius 1 is 1.30 bits per heavy atom. The van der Waals surface area contributed by atoms with Crippen LogP contribution < -0.4 is 10.5 Å². The number of hydrogen-bond donors (Lipinski definition) is 2. The summed E-state index contributed by atoms with van der Waals surface area (Å²) in [5.41, 5.74) is 7.40. The van der Waals surface area contributed by atoms with Crippen molar-refractivity contribution < 1.29 is 14.2 Å². The average molecular weight is 340 g/mol. The Bertz CT molecular complexity index is 619. The van der Waals surface area contributed by atoms with E-state index in [2.05, 4.69) is 15.9 Å². The van der Waals surface area contributed by atoms with E-state index in [9.17, 15) is 9.50 Å². The fourth-order valence-corrected chi connectivity index (χ4v) is 2.40. The zero-order chi connectivity index (χ0) is 14.7. The molecule has 0 aliphatic carbocycles. The maximum absolute atomic E-state index is 13.2. The topological polar surface area (TPSA) is 55.5 Å². The quantitative estimate of drug-likeness (QED) is 0.838. The molecule has 0 aliphatic rings. The number of halogens is 2. The second-order valence-electron chi connectivity index (χ2n) is 4.45. The van der Waals surface area contributed by atoms with Gasteiger partial charge >= 0.3 is 0 Å². The molecular weight excluding hydrogens is 325 g/mol. The first-order valence-corrected chi connectivity index (χ1v) is 6.86. The van der Waals surface area contributed by atoms with E-state index in [-0.39, 0.29) is 0 Å². The zero-order valence-electron chi connectivity index (χ0n) is 10.9. The molecule has 20 heavy (non-hydrogen) atoms. The Kier molecular flexibility index (Phi) is 4.62. The van der Waals surface area contributed by atoms with Gasteiger partial charge in [0.1, 0.15) is 11.6 Å². The summed E-state index contributed by atoms with van der Waals surface area (Å²) in [4.78, 5) is 0. The first-order valence-electron chi connectivity index (χ1n) is 6.06. The molecule has 0 saturated carbocycles. The first kappa shape index (κ1) is 14.8. The van der Waals surface area contributed by atoms with E-state index < -0.39 is 11.9 Å². The van der Waals surface area contributed by atoms with Crippen molar-refractivity contribution >= 4 is 21.6 Å². The second kappa shape index (κ2) is 6.24. The van der Waals surface area contributed by atoms with Crippen molar-refractivity contribution in [3.63, 3.8) is 0 Å². The Morgan fingerprint density at radius 3 is 2.75 bits per heavy atom. The predicted octanol–water partition coefficient (Wildman–Crippen LogP) is 3.46. The molecule has 0 spiro atoms. The summed E-state index contributed by atoms with van der Waals surface area (Å²) < 4.78 is 19.3. The maximum Gasteiger partial charge on any atom is 0.123 e. The molecule has 0 saturated heterocycles. The molecule has 1 unspecified atom stereocenters. The van der Waals surface area contributed by atoms with E-state index in [0.29, 0.717) is 23.4 Å². The fourth-order valence-electron chi connectivity index (χ4n) is 1.99. The molecular formula is C15H15BrFNO2. The largest absolute Gasteiger partial charge is 0.497 e. The second-order valence-corrected chi connectivity index (χ2v) is 5.30. The highest BCUT2D eigenvalue weighted by atomic mass is 79.9. The smallest absolute Gasteiger partial charge is 0.123 e. The van der Waals surface area contributed by atoms with Gasteiger partial charge in [0.25, 0.3) is 0 Å². The van der Waals surface area contributed by atoms with Crippen molar-refractivity contribution in [1.82, 2.24) is 0 Å². The van der Waals surface area contributed by atoms with Gasteiger partial charge in [-0.15, -0.1) is 0 Å². The van der Waals surface area contributed by atoms with E-state index in [0.717, 1.165) is 10.0 Å². The van der Waals surface area contributed by atoms with Crippen molar-refractivity contribution in [3.05, 3.63) is 57.8 Å². The number of anilines is 1. The lowest BCUT2D eigenvalue weighted by Gasteiger charge is -2.15. The molecule has 106 valence electrons. The van der Waals surface area contributed by atoms with Crippen LogP contribution in [0.5, 0.6) is 5.75 Å². The van der Waals surface area contributed by atoms with Gasteiger partial charge in [-0.05, 0) is 42.0 Å². The summed E-state index contributed by atoms with van der Waals surface area (Å²) >= 11 is 3.42. The van der Waals surface area contributed by atoms with Gasteiger partial charge in [-0.2, -0.15) is 0 Å². The summed E-state index contributed by atoms with van der Waals surface area (Å²) in [6, 6.07) is 9.46. The number of methoxy groups -OCH3 is 1. The molecule has 2 rings (SSSR count). The highest BCUT2D eigenvalue weighted by molar-refractivity contribution is 9.10. The van der Waals surface area contributed by atoms with Crippen LogP contribution in [-0.2, 0) is 6.42 Å². The third-order valence-electron chi connectivity index (χ3n) is 3.07. The van der Waals surface area contributed by atoms with Gasteiger partial charge < -0.3 is 15.6 Å². The van der Waals surface area contributed by atoms with Crippen LogP contribution in [0.2, 0.25) is 0 Å². The summed E-state index contributed by atoms with van der Waals surface area (Å²) in [5.74, 6) is 0.278. The van der Waals surface area contributed by atoms with E-state index in [1.54, 1.807) is 7.11 Å². The molecule has 0 aromatic heterocycles. The van der Waals surface area contributed by atoms with Crippen LogP contribution in [0, 0.1) is 5.82 Å². The predicted molar refractivity (Wildman–Crippen MR) is 80.2 cm³/mol. The SMILES string of the molecule is COc1ccc(Br)c(CC(O)c2cc(F)ccc2N)c1. The van der Waals surface area contributed by atoms with Crippen molar-refractivity contribution in [2.45, 2.75) is 12.5 Å². The van der Waals surface area contributed by atoms with Crippen molar-refractivity contribution in [1.29, 1.82) is 0 Å². The van der Waals surface area contributed by atoms with E-state index in [1.165, 1.54) is 18.2 Å². The minimum Gasteiger partial charge on any atom is -0.497 e. The molecule has 0 radical (unpaired) electrons. The average Bonchev–Trinajstić information content (AvgIpc) is 2.43. The molecule has 0 aliphatic heterocycles. The van der Waals surface area contributed by atoms with Gasteiger partial charge in [0.05, 0.1) is 13.2 Å². The molecule has 0 heterocycles. The number of rotatable bonds is 4. The lowest BCUT2D eigenvalue weighted by atomic mass is 10.00. The summed E-state index contributed by atoms with van der Waals surface area (Å²) in [7, 11) is 1.58. The van der Waals surface area contributed by atoms with Crippen molar-refractivity contribution in [3.8, 4) is 5.75 Å². The van der Waals surface area contributed by atoms with Gasteiger partial charge in [0, 0.05) is 22.1 Å². The highest BCUT2D eigenvalue weighted by Gasteiger charge is 2.15. The van der Waals surface area contributed by atoms with Gasteiger partial charge in [-0.25, -0.2) is 4.39 Å². The molecule has 3 N–H and O–H groups in total. The van der Waals surface area contributed by atoms with Gasteiger partial charge in [0.15, 0.2) is 0 Å². The van der Waals surface area contributed by atoms with Crippen LogP contribution in [-0.4, -0.2) is 12.2 Å². The molecule has 0 bridgehead atoms. The van der Waals surface area contributed by atoms with Crippen LogP contribution in [0.25, 0.3) is 0 Å². The third-order valence-corrected chi connectivity index (χ3v) is 3.85. The summed E-state index contributed by atoms with van der Waals surface area (Å²) in [6.45, 7) is 0. The Balaban J connectivity index is 2.27. The molecule has 3 nitrogen and oxygen atoms in total. The summed E-state index contributed by atoms with van der Waals surface area (Å²) in [6.07, 6.45) is -0.570. The summed E-state index contributed by atoms with van der Waals surface area (Å²) in [5, 5.41) is 10.3. The van der Waals surface area contributed by atoms with E-state index in [1.807, 2.05) is 18.2 Å². The zero-order valence-corrected chi connectivity index (χ0v) is 12.5. The Morgan fingerprint density at radius 2 is 2.05 bits per heavy atom. The number of nitrogens with two attached hydrogens (primary N) is 1. The van der Waals surface area contributed by atoms with E-state index in [4.69, 9.17) is 10.5 Å².